The summed E-state index contributed by atoms with van der Waals surface area (Å²) in [5.74, 6) is -0.463. The summed E-state index contributed by atoms with van der Waals surface area (Å²) in [6.07, 6.45) is 2.19. The molecule has 0 bridgehead atoms. The summed E-state index contributed by atoms with van der Waals surface area (Å²) in [5, 5.41) is 12.9. The van der Waals surface area contributed by atoms with Crippen molar-refractivity contribution in [1.82, 2.24) is 0 Å². The molecule has 1 aromatic heterocycles. The van der Waals surface area contributed by atoms with Gasteiger partial charge in [0.2, 0.25) is 0 Å². The molecule has 0 radical (unpaired) electrons. The van der Waals surface area contributed by atoms with Gasteiger partial charge in [-0.15, -0.1) is 11.3 Å². The van der Waals surface area contributed by atoms with Crippen molar-refractivity contribution in [3.8, 4) is 6.07 Å². The van der Waals surface area contributed by atoms with Gasteiger partial charge in [-0.3, -0.25) is 0 Å². The number of hydrogen-bond donors (Lipinski definition) is 2. The van der Waals surface area contributed by atoms with Crippen molar-refractivity contribution in [3.63, 3.8) is 0 Å². The first-order chi connectivity index (χ1) is 8.17. The second kappa shape index (κ2) is 4.63. The smallest absolute Gasteiger partial charge is 0.350 e. The number of nitrogens with two attached hydrogens (primary N) is 1. The molecular formula is C11H13N3O2S. The molecule has 0 unspecified atom stereocenters. The first-order valence-electron chi connectivity index (χ1n) is 5.43. The fourth-order valence-corrected chi connectivity index (χ4v) is 2.46. The average molecular weight is 251 g/mol. The molecule has 1 saturated carbocycles. The number of nitriles is 1. The number of rotatable bonds is 4. The summed E-state index contributed by atoms with van der Waals surface area (Å²) in [4.78, 5) is 11.9. The van der Waals surface area contributed by atoms with E-state index >= 15 is 0 Å². The summed E-state index contributed by atoms with van der Waals surface area (Å²) >= 11 is 1.19. The van der Waals surface area contributed by atoms with Crippen LogP contribution in [0.15, 0.2) is 0 Å². The van der Waals surface area contributed by atoms with Crippen LogP contribution in [-0.2, 0) is 4.74 Å². The summed E-state index contributed by atoms with van der Waals surface area (Å²) < 4.78 is 4.90. The molecule has 17 heavy (non-hydrogen) atoms. The van der Waals surface area contributed by atoms with Gasteiger partial charge in [0.1, 0.15) is 21.5 Å². The third-order valence-corrected chi connectivity index (χ3v) is 3.55. The zero-order valence-corrected chi connectivity index (χ0v) is 10.3. The Morgan fingerprint density at radius 1 is 1.71 bits per heavy atom. The van der Waals surface area contributed by atoms with Gasteiger partial charge in [-0.25, -0.2) is 4.79 Å². The predicted molar refractivity (Wildman–Crippen MR) is 66.0 cm³/mol. The van der Waals surface area contributed by atoms with Crippen molar-refractivity contribution in [2.45, 2.75) is 25.8 Å². The number of hydrogen-bond acceptors (Lipinski definition) is 6. The Morgan fingerprint density at radius 3 is 2.94 bits per heavy atom. The topological polar surface area (TPSA) is 88.1 Å². The Kier molecular flexibility index (Phi) is 3.20. The molecule has 2 rings (SSSR count). The molecule has 1 aliphatic rings. The van der Waals surface area contributed by atoms with Crippen LogP contribution in [0.5, 0.6) is 0 Å². The molecule has 5 nitrogen and oxygen atoms in total. The van der Waals surface area contributed by atoms with Crippen LogP contribution < -0.4 is 11.1 Å². The van der Waals surface area contributed by atoms with Crippen LogP contribution in [-0.4, -0.2) is 18.6 Å². The normalized spacial score (nSPS) is 14.1. The van der Waals surface area contributed by atoms with Crippen LogP contribution >= 0.6 is 11.3 Å². The fraction of sp³-hybridized carbons (Fsp3) is 0.455. The number of carbonyl (C=O) groups is 1. The van der Waals surface area contributed by atoms with Crippen molar-refractivity contribution in [2.75, 3.05) is 17.7 Å². The van der Waals surface area contributed by atoms with E-state index < -0.39 is 5.97 Å². The lowest BCUT2D eigenvalue weighted by Crippen LogP contribution is -2.05. The Labute approximate surface area is 103 Å². The minimum absolute atomic E-state index is 0.221. The Hall–Kier alpha value is -1.74. The third kappa shape index (κ3) is 2.34. The van der Waals surface area contributed by atoms with E-state index in [1.807, 2.05) is 6.07 Å². The summed E-state index contributed by atoms with van der Waals surface area (Å²) in [6, 6.07) is 2.44. The van der Waals surface area contributed by atoms with E-state index in [1.165, 1.54) is 11.3 Å². The van der Waals surface area contributed by atoms with Gasteiger partial charge in [0, 0.05) is 6.04 Å². The van der Waals surface area contributed by atoms with Crippen molar-refractivity contribution in [3.05, 3.63) is 10.4 Å². The molecule has 0 atom stereocenters. The summed E-state index contributed by atoms with van der Waals surface area (Å²) in [6.45, 7) is 2.03. The molecule has 1 heterocycles. The van der Waals surface area contributed by atoms with Crippen molar-refractivity contribution >= 4 is 28.0 Å². The molecule has 1 aliphatic carbocycles. The van der Waals surface area contributed by atoms with Gasteiger partial charge in [0.25, 0.3) is 0 Å². The Balaban J connectivity index is 2.30. The molecule has 6 heteroatoms. The van der Waals surface area contributed by atoms with Gasteiger partial charge in [-0.2, -0.15) is 5.26 Å². The molecule has 0 aromatic carbocycles. The number of carbonyl (C=O) groups excluding carboxylic acids is 1. The van der Waals surface area contributed by atoms with Gasteiger partial charge in [-0.05, 0) is 19.8 Å². The molecule has 0 amide bonds. The highest BCUT2D eigenvalue weighted by Crippen LogP contribution is 2.38. The number of nitrogens with one attached hydrogen (secondary N) is 1. The molecule has 0 spiro atoms. The summed E-state index contributed by atoms with van der Waals surface area (Å²) in [5.41, 5.74) is 6.36. The highest BCUT2D eigenvalue weighted by molar-refractivity contribution is 7.18. The lowest BCUT2D eigenvalue weighted by atomic mass is 10.2. The maximum Gasteiger partial charge on any atom is 0.350 e. The molecule has 3 N–H and O–H groups in total. The Bertz CT molecular complexity index is 486. The molecular weight excluding hydrogens is 238 g/mol. The maximum absolute atomic E-state index is 11.6. The van der Waals surface area contributed by atoms with Crippen LogP contribution in [0.4, 0.5) is 10.7 Å². The number of ether oxygens (including phenoxy) is 1. The lowest BCUT2D eigenvalue weighted by Gasteiger charge is -1.99. The lowest BCUT2D eigenvalue weighted by molar-refractivity contribution is 0.0533. The predicted octanol–water partition coefficient (Wildman–Crippen LogP) is 1.95. The minimum atomic E-state index is -0.463. The van der Waals surface area contributed by atoms with Gasteiger partial charge in [0.05, 0.1) is 12.3 Å². The van der Waals surface area contributed by atoms with E-state index in [2.05, 4.69) is 5.32 Å². The molecule has 0 saturated heterocycles. The quantitative estimate of drug-likeness (QED) is 0.798. The standard InChI is InChI=1S/C11H13N3O2S/c1-2-16-11(15)9-8(13)7(5-12)10(17-9)14-6-3-4-6/h6,14H,2-4,13H2,1H3. The minimum Gasteiger partial charge on any atom is -0.462 e. The van der Waals surface area contributed by atoms with Gasteiger partial charge in [-0.1, -0.05) is 0 Å². The van der Waals surface area contributed by atoms with E-state index in [0.717, 1.165) is 12.8 Å². The van der Waals surface area contributed by atoms with Crippen molar-refractivity contribution < 1.29 is 9.53 Å². The second-order valence-electron chi connectivity index (χ2n) is 3.80. The average Bonchev–Trinajstić information content (AvgIpc) is 3.04. The Morgan fingerprint density at radius 2 is 2.41 bits per heavy atom. The zero-order valence-electron chi connectivity index (χ0n) is 9.45. The molecule has 1 aromatic rings. The number of thiophene rings is 1. The van der Waals surface area contributed by atoms with Crippen molar-refractivity contribution in [2.24, 2.45) is 0 Å². The van der Waals surface area contributed by atoms with E-state index in [4.69, 9.17) is 15.7 Å². The van der Waals surface area contributed by atoms with E-state index in [-0.39, 0.29) is 5.69 Å². The molecule has 0 aliphatic heterocycles. The van der Waals surface area contributed by atoms with Crippen LogP contribution in [0.2, 0.25) is 0 Å². The van der Waals surface area contributed by atoms with Gasteiger partial charge in [0.15, 0.2) is 0 Å². The zero-order chi connectivity index (χ0) is 12.4. The van der Waals surface area contributed by atoms with Gasteiger partial charge >= 0.3 is 5.97 Å². The first kappa shape index (κ1) is 11.7. The van der Waals surface area contributed by atoms with Crippen LogP contribution in [0.3, 0.4) is 0 Å². The first-order valence-corrected chi connectivity index (χ1v) is 6.25. The second-order valence-corrected chi connectivity index (χ2v) is 4.82. The molecule has 1 fully saturated rings. The molecule has 90 valence electrons. The maximum atomic E-state index is 11.6. The third-order valence-electron chi connectivity index (χ3n) is 2.43. The van der Waals surface area contributed by atoms with E-state index in [1.54, 1.807) is 6.92 Å². The summed E-state index contributed by atoms with van der Waals surface area (Å²) in [7, 11) is 0. The SMILES string of the molecule is CCOC(=O)c1sc(NC2CC2)c(C#N)c1N. The fourth-order valence-electron chi connectivity index (χ4n) is 1.42. The number of nitrogens with zero attached hydrogens (tertiary/aromatic N) is 1. The van der Waals surface area contributed by atoms with Crippen molar-refractivity contribution in [1.29, 1.82) is 5.26 Å². The van der Waals surface area contributed by atoms with Gasteiger partial charge < -0.3 is 15.8 Å². The van der Waals surface area contributed by atoms with Crippen LogP contribution in [0.1, 0.15) is 35.0 Å². The van der Waals surface area contributed by atoms with Crippen LogP contribution in [0, 0.1) is 11.3 Å². The number of nitrogen functional groups attached to an aromatic ring is 1. The number of esters is 1. The monoisotopic (exact) mass is 251 g/mol. The highest BCUT2D eigenvalue weighted by Gasteiger charge is 2.27. The highest BCUT2D eigenvalue weighted by atomic mass is 32.1. The van der Waals surface area contributed by atoms with E-state index in [9.17, 15) is 4.79 Å². The largest absolute Gasteiger partial charge is 0.462 e. The van der Waals surface area contributed by atoms with Crippen LogP contribution in [0.25, 0.3) is 0 Å². The van der Waals surface area contributed by atoms with E-state index in [0.29, 0.717) is 28.1 Å². The number of anilines is 2.